The van der Waals surface area contributed by atoms with Gasteiger partial charge in [-0.1, -0.05) is 11.6 Å². The maximum Gasteiger partial charge on any atom is 0.258 e. The number of aryl methyl sites for hydroxylation is 2. The molecule has 0 spiro atoms. The number of alkyl halides is 1. The van der Waals surface area contributed by atoms with E-state index in [1.54, 1.807) is 9.42 Å². The molecule has 1 aliphatic carbocycles. The van der Waals surface area contributed by atoms with Gasteiger partial charge in [0.1, 0.15) is 11.6 Å². The Morgan fingerprint density at radius 2 is 2.06 bits per heavy atom. The van der Waals surface area contributed by atoms with E-state index in [4.69, 9.17) is 16.3 Å². The molecule has 0 N–H and O–H groups in total. The van der Waals surface area contributed by atoms with Gasteiger partial charge in [-0.25, -0.2) is 13.9 Å². The molecule has 1 aliphatic heterocycles. The highest BCUT2D eigenvalue weighted by atomic mass is 35.5. The first-order valence-corrected chi connectivity index (χ1v) is 11.6. The van der Waals surface area contributed by atoms with Gasteiger partial charge in [0.25, 0.3) is 5.91 Å². The normalized spacial score (nSPS) is 19.6. The predicted molar refractivity (Wildman–Crippen MR) is 120 cm³/mol. The van der Waals surface area contributed by atoms with Crippen molar-refractivity contribution in [1.82, 2.24) is 19.5 Å². The molecular formula is C24H25ClF2N4O2. The highest BCUT2D eigenvalue weighted by Crippen LogP contribution is 2.37. The fourth-order valence-electron chi connectivity index (χ4n) is 4.75. The van der Waals surface area contributed by atoms with E-state index < -0.39 is 5.82 Å². The van der Waals surface area contributed by atoms with Crippen molar-refractivity contribution in [1.29, 1.82) is 0 Å². The van der Waals surface area contributed by atoms with Gasteiger partial charge < -0.3 is 9.64 Å². The number of rotatable bonds is 6. The number of hydrogen-bond donors (Lipinski definition) is 0. The van der Waals surface area contributed by atoms with E-state index in [0.29, 0.717) is 47.4 Å². The minimum atomic E-state index is -0.454. The number of halogens is 3. The van der Waals surface area contributed by atoms with Crippen LogP contribution >= 0.6 is 11.6 Å². The molecule has 6 nitrogen and oxygen atoms in total. The first-order chi connectivity index (χ1) is 15.9. The van der Waals surface area contributed by atoms with Gasteiger partial charge in [0, 0.05) is 11.6 Å². The minimum Gasteiger partial charge on any atom is -0.489 e. The van der Waals surface area contributed by atoms with E-state index in [1.165, 1.54) is 18.2 Å². The van der Waals surface area contributed by atoms with Crippen LogP contribution in [0.3, 0.4) is 0 Å². The summed E-state index contributed by atoms with van der Waals surface area (Å²) in [6.45, 7) is 4.11. The number of carbonyl (C=O) groups is 1. The van der Waals surface area contributed by atoms with Crippen molar-refractivity contribution in [2.75, 3.05) is 6.67 Å². The first-order valence-electron chi connectivity index (χ1n) is 11.2. The van der Waals surface area contributed by atoms with Crippen LogP contribution in [0.2, 0.25) is 5.02 Å². The van der Waals surface area contributed by atoms with Gasteiger partial charge >= 0.3 is 0 Å². The van der Waals surface area contributed by atoms with Crippen molar-refractivity contribution in [2.24, 2.45) is 5.92 Å². The summed E-state index contributed by atoms with van der Waals surface area (Å²) < 4.78 is 34.1. The SMILES string of the molecule is Cc1nc2c3c(nn2c(C)c1Cl)CN(C(=O)c1ccc(F)cc1O[C@H]1C[C@H](CCCF)C1)C3. The standard InChI is InChI=1S/C24H25ClF2N4O2/c1-13-22(25)14(2)31-23(28-13)19-11-30(12-20(19)29-31)24(32)18-6-5-16(27)10-21(18)33-17-8-15(9-17)4-3-7-26/h5-6,10,15,17H,3-4,7-9,11-12H2,1-2H3/t15-,17-. The fraction of sp³-hybridized carbons (Fsp3) is 0.458. The summed E-state index contributed by atoms with van der Waals surface area (Å²) in [7, 11) is 0. The Kier molecular flexibility index (Phi) is 5.72. The van der Waals surface area contributed by atoms with Crippen LogP contribution in [0.4, 0.5) is 8.78 Å². The summed E-state index contributed by atoms with van der Waals surface area (Å²) in [4.78, 5) is 19.6. The predicted octanol–water partition coefficient (Wildman–Crippen LogP) is 5.20. The lowest BCUT2D eigenvalue weighted by Gasteiger charge is -2.35. The fourth-order valence-corrected chi connectivity index (χ4v) is 4.87. The number of fused-ring (bicyclic) bond motifs is 3. The van der Waals surface area contributed by atoms with Crippen LogP contribution in [0.25, 0.3) is 5.65 Å². The monoisotopic (exact) mass is 474 g/mol. The number of hydrogen-bond acceptors (Lipinski definition) is 4. The van der Waals surface area contributed by atoms with Crippen molar-refractivity contribution in [3.63, 3.8) is 0 Å². The summed E-state index contributed by atoms with van der Waals surface area (Å²) in [6.07, 6.45) is 2.90. The second-order valence-electron chi connectivity index (χ2n) is 8.97. The number of ether oxygens (including phenoxy) is 1. The molecule has 0 radical (unpaired) electrons. The molecule has 0 unspecified atom stereocenters. The second kappa shape index (κ2) is 8.56. The summed E-state index contributed by atoms with van der Waals surface area (Å²) in [5.74, 6) is -0.0123. The van der Waals surface area contributed by atoms with Crippen molar-refractivity contribution in [2.45, 2.75) is 58.7 Å². The molecule has 1 saturated carbocycles. The lowest BCUT2D eigenvalue weighted by atomic mass is 9.79. The van der Waals surface area contributed by atoms with Crippen molar-refractivity contribution in [3.05, 3.63) is 57.2 Å². The molecular weight excluding hydrogens is 450 g/mol. The molecule has 1 aromatic carbocycles. The van der Waals surface area contributed by atoms with Crippen molar-refractivity contribution in [3.8, 4) is 5.75 Å². The van der Waals surface area contributed by atoms with Gasteiger partial charge in [-0.2, -0.15) is 5.10 Å². The molecule has 3 aromatic rings. The largest absolute Gasteiger partial charge is 0.489 e. The molecule has 2 aromatic heterocycles. The average molecular weight is 475 g/mol. The number of carbonyl (C=O) groups excluding carboxylic acids is 1. The summed E-state index contributed by atoms with van der Waals surface area (Å²) >= 11 is 6.31. The molecule has 0 atom stereocenters. The van der Waals surface area contributed by atoms with E-state index in [1.807, 2.05) is 13.8 Å². The third-order valence-electron chi connectivity index (χ3n) is 6.65. The molecule has 0 saturated heterocycles. The molecule has 5 rings (SSSR count). The van der Waals surface area contributed by atoms with Crippen LogP contribution in [0.15, 0.2) is 18.2 Å². The Labute approximate surface area is 195 Å². The number of benzene rings is 1. The van der Waals surface area contributed by atoms with Gasteiger partial charge in [0.2, 0.25) is 0 Å². The molecule has 1 amide bonds. The Bertz CT molecular complexity index is 1240. The zero-order valence-electron chi connectivity index (χ0n) is 18.6. The molecule has 0 bridgehead atoms. The van der Waals surface area contributed by atoms with E-state index in [2.05, 4.69) is 10.1 Å². The van der Waals surface area contributed by atoms with Crippen LogP contribution in [0, 0.1) is 25.6 Å². The lowest BCUT2D eigenvalue weighted by molar-refractivity contribution is 0.0552. The lowest BCUT2D eigenvalue weighted by Crippen LogP contribution is -2.35. The quantitative estimate of drug-likeness (QED) is 0.492. The van der Waals surface area contributed by atoms with Crippen LogP contribution in [-0.2, 0) is 13.1 Å². The number of amides is 1. The number of nitrogens with zero attached hydrogens (tertiary/aromatic N) is 4. The molecule has 1 fully saturated rings. The maximum atomic E-state index is 14.0. The second-order valence-corrected chi connectivity index (χ2v) is 9.35. The number of aromatic nitrogens is 3. The van der Waals surface area contributed by atoms with Crippen LogP contribution in [0.5, 0.6) is 5.75 Å². The zero-order chi connectivity index (χ0) is 23.3. The molecule has 3 heterocycles. The van der Waals surface area contributed by atoms with Gasteiger partial charge in [-0.15, -0.1) is 0 Å². The Morgan fingerprint density at radius 1 is 1.27 bits per heavy atom. The molecule has 9 heteroatoms. The first kappa shape index (κ1) is 22.1. The minimum absolute atomic E-state index is 0.0807. The molecule has 174 valence electrons. The topological polar surface area (TPSA) is 59.7 Å². The Morgan fingerprint density at radius 3 is 2.82 bits per heavy atom. The Hall–Kier alpha value is -2.74. The highest BCUT2D eigenvalue weighted by molar-refractivity contribution is 6.31. The van der Waals surface area contributed by atoms with Gasteiger partial charge in [0.05, 0.1) is 53.5 Å². The van der Waals surface area contributed by atoms with E-state index in [-0.39, 0.29) is 24.4 Å². The summed E-state index contributed by atoms with van der Waals surface area (Å²) in [5.41, 5.74) is 4.23. The zero-order valence-corrected chi connectivity index (χ0v) is 19.3. The van der Waals surface area contributed by atoms with Crippen molar-refractivity contribution >= 4 is 23.2 Å². The van der Waals surface area contributed by atoms with Gasteiger partial charge in [-0.05, 0) is 57.6 Å². The van der Waals surface area contributed by atoms with Crippen LogP contribution in [0.1, 0.15) is 58.7 Å². The van der Waals surface area contributed by atoms with Gasteiger partial charge in [-0.3, -0.25) is 9.18 Å². The van der Waals surface area contributed by atoms with Gasteiger partial charge in [0.15, 0.2) is 5.65 Å². The Balaban J connectivity index is 1.34. The third kappa shape index (κ3) is 3.94. The third-order valence-corrected chi connectivity index (χ3v) is 7.20. The maximum absolute atomic E-state index is 14.0. The highest BCUT2D eigenvalue weighted by Gasteiger charge is 2.34. The van der Waals surface area contributed by atoms with Crippen LogP contribution in [-0.4, -0.2) is 38.2 Å². The average Bonchev–Trinajstić information content (AvgIpc) is 3.32. The van der Waals surface area contributed by atoms with E-state index in [0.717, 1.165) is 36.2 Å². The van der Waals surface area contributed by atoms with Crippen molar-refractivity contribution < 1.29 is 18.3 Å². The van der Waals surface area contributed by atoms with E-state index in [9.17, 15) is 13.6 Å². The van der Waals surface area contributed by atoms with Crippen LogP contribution < -0.4 is 4.74 Å². The van der Waals surface area contributed by atoms with E-state index >= 15 is 0 Å². The summed E-state index contributed by atoms with van der Waals surface area (Å²) in [6, 6.07) is 4.01. The smallest absolute Gasteiger partial charge is 0.258 e. The summed E-state index contributed by atoms with van der Waals surface area (Å²) in [5, 5.41) is 5.20. The molecule has 2 aliphatic rings. The molecule has 33 heavy (non-hydrogen) atoms.